The third-order valence-corrected chi connectivity index (χ3v) is 2.56. The molecular weight excluding hydrogens is 178 g/mol. The summed E-state index contributed by atoms with van der Waals surface area (Å²) < 4.78 is 0. The van der Waals surface area contributed by atoms with Crippen LogP contribution >= 0.6 is 0 Å². The summed E-state index contributed by atoms with van der Waals surface area (Å²) in [5, 5.41) is 9.36. The number of nitrogens with zero attached hydrogens (tertiary/aromatic N) is 2. The van der Waals surface area contributed by atoms with Crippen molar-refractivity contribution in [2.45, 2.75) is 18.9 Å². The lowest BCUT2D eigenvalue weighted by atomic mass is 10.1. The minimum atomic E-state index is -0.146. The molecule has 14 heavy (non-hydrogen) atoms. The van der Waals surface area contributed by atoms with Crippen molar-refractivity contribution in [3.63, 3.8) is 0 Å². The van der Waals surface area contributed by atoms with Gasteiger partial charge in [0.15, 0.2) is 0 Å². The summed E-state index contributed by atoms with van der Waals surface area (Å²) in [4.78, 5) is 6.41. The van der Waals surface area contributed by atoms with E-state index in [1.807, 2.05) is 6.07 Å². The molecule has 0 unspecified atom stereocenters. The van der Waals surface area contributed by atoms with Crippen molar-refractivity contribution in [1.29, 1.82) is 0 Å². The van der Waals surface area contributed by atoms with Gasteiger partial charge in [-0.15, -0.1) is 0 Å². The van der Waals surface area contributed by atoms with Crippen LogP contribution in [0, 0.1) is 0 Å². The Bertz CT molecular complexity index is 308. The summed E-state index contributed by atoms with van der Waals surface area (Å²) in [5.41, 5.74) is 6.41. The Kier molecular flexibility index (Phi) is 2.54. The van der Waals surface area contributed by atoms with Gasteiger partial charge in [0.05, 0.1) is 6.10 Å². The molecule has 0 atom stereocenters. The highest BCUT2D eigenvalue weighted by Crippen LogP contribution is 2.19. The molecule has 0 spiro atoms. The van der Waals surface area contributed by atoms with Crippen LogP contribution in [0.3, 0.4) is 0 Å². The maximum atomic E-state index is 9.36. The summed E-state index contributed by atoms with van der Waals surface area (Å²) in [6.45, 7) is 1.72. The van der Waals surface area contributed by atoms with Gasteiger partial charge in [0.25, 0.3) is 0 Å². The number of aliphatic hydroxyl groups excluding tert-OH is 1. The molecule has 76 valence electrons. The molecule has 1 aromatic rings. The van der Waals surface area contributed by atoms with Gasteiger partial charge in [-0.25, -0.2) is 4.98 Å². The van der Waals surface area contributed by atoms with E-state index < -0.39 is 0 Å². The fourth-order valence-corrected chi connectivity index (χ4v) is 1.70. The first-order valence-corrected chi connectivity index (χ1v) is 4.90. The highest BCUT2D eigenvalue weighted by molar-refractivity contribution is 5.50. The Morgan fingerprint density at radius 3 is 2.79 bits per heavy atom. The molecule has 1 fully saturated rings. The van der Waals surface area contributed by atoms with E-state index in [1.165, 1.54) is 0 Å². The Hall–Kier alpha value is -1.29. The summed E-state index contributed by atoms with van der Waals surface area (Å²) in [6.07, 6.45) is 3.20. The maximum absolute atomic E-state index is 9.36. The van der Waals surface area contributed by atoms with E-state index in [0.29, 0.717) is 0 Å². The molecule has 3 N–H and O–H groups in total. The highest BCUT2D eigenvalue weighted by Gasteiger charge is 2.17. The zero-order valence-electron chi connectivity index (χ0n) is 8.06. The van der Waals surface area contributed by atoms with Gasteiger partial charge < -0.3 is 15.7 Å². The van der Waals surface area contributed by atoms with E-state index >= 15 is 0 Å². The number of aliphatic hydroxyl groups is 1. The van der Waals surface area contributed by atoms with Crippen LogP contribution in [0.1, 0.15) is 12.8 Å². The molecule has 0 bridgehead atoms. The van der Waals surface area contributed by atoms with Crippen LogP contribution in [0.15, 0.2) is 18.3 Å². The van der Waals surface area contributed by atoms with Gasteiger partial charge in [-0.3, -0.25) is 0 Å². The first-order valence-electron chi connectivity index (χ1n) is 4.90. The van der Waals surface area contributed by atoms with Crippen LogP contribution in [-0.4, -0.2) is 29.3 Å². The molecule has 1 aliphatic heterocycles. The summed E-state index contributed by atoms with van der Waals surface area (Å²) in [7, 11) is 0. The third-order valence-electron chi connectivity index (χ3n) is 2.56. The number of aromatic nitrogens is 1. The Labute approximate surface area is 83.4 Å². The van der Waals surface area contributed by atoms with Gasteiger partial charge in [0.1, 0.15) is 5.82 Å². The molecule has 0 radical (unpaired) electrons. The largest absolute Gasteiger partial charge is 0.399 e. The normalized spacial score (nSPS) is 18.5. The van der Waals surface area contributed by atoms with Crippen LogP contribution in [0.5, 0.6) is 0 Å². The van der Waals surface area contributed by atoms with Gasteiger partial charge in [-0.1, -0.05) is 0 Å². The summed E-state index contributed by atoms with van der Waals surface area (Å²) >= 11 is 0. The van der Waals surface area contributed by atoms with Gasteiger partial charge in [-0.05, 0) is 18.9 Å². The van der Waals surface area contributed by atoms with Crippen molar-refractivity contribution in [3.8, 4) is 0 Å². The molecule has 1 saturated heterocycles. The molecule has 0 aliphatic carbocycles. The average molecular weight is 193 g/mol. The standard InChI is InChI=1S/C10H15N3O/c11-8-1-4-12-10(7-8)13-5-2-9(14)3-6-13/h1,4,7,9,14H,2-3,5-6H2,(H2,11,12). The van der Waals surface area contributed by atoms with Crippen LogP contribution in [0.2, 0.25) is 0 Å². The van der Waals surface area contributed by atoms with Gasteiger partial charge in [0, 0.05) is 31.0 Å². The first-order chi connectivity index (χ1) is 6.75. The number of rotatable bonds is 1. The van der Waals surface area contributed by atoms with Gasteiger partial charge in [0.2, 0.25) is 0 Å². The third kappa shape index (κ3) is 1.96. The zero-order chi connectivity index (χ0) is 9.97. The summed E-state index contributed by atoms with van der Waals surface area (Å²) in [5.74, 6) is 0.914. The second kappa shape index (κ2) is 3.84. The lowest BCUT2D eigenvalue weighted by Crippen LogP contribution is -2.36. The summed E-state index contributed by atoms with van der Waals surface area (Å²) in [6, 6.07) is 3.65. The van der Waals surface area contributed by atoms with Crippen molar-refractivity contribution < 1.29 is 5.11 Å². The number of nitrogens with two attached hydrogens (primary N) is 1. The zero-order valence-corrected chi connectivity index (χ0v) is 8.06. The van der Waals surface area contributed by atoms with Crippen LogP contribution in [-0.2, 0) is 0 Å². The Balaban J connectivity index is 2.08. The predicted octanol–water partition coefficient (Wildman–Crippen LogP) is 0.625. The van der Waals surface area contributed by atoms with Crippen molar-refractivity contribution in [2.24, 2.45) is 0 Å². The SMILES string of the molecule is Nc1ccnc(N2CCC(O)CC2)c1. The van der Waals surface area contributed by atoms with E-state index in [1.54, 1.807) is 12.3 Å². The Morgan fingerprint density at radius 1 is 1.43 bits per heavy atom. The quantitative estimate of drug-likeness (QED) is 0.686. The van der Waals surface area contributed by atoms with Gasteiger partial charge >= 0.3 is 0 Å². The lowest BCUT2D eigenvalue weighted by molar-refractivity contribution is 0.145. The topological polar surface area (TPSA) is 62.4 Å². The molecule has 4 nitrogen and oxygen atoms in total. The van der Waals surface area contributed by atoms with Crippen LogP contribution < -0.4 is 10.6 Å². The van der Waals surface area contributed by atoms with E-state index in [9.17, 15) is 5.11 Å². The number of hydrogen-bond acceptors (Lipinski definition) is 4. The second-order valence-corrected chi connectivity index (χ2v) is 3.67. The minimum absolute atomic E-state index is 0.146. The van der Waals surface area contributed by atoms with Gasteiger partial charge in [-0.2, -0.15) is 0 Å². The smallest absolute Gasteiger partial charge is 0.130 e. The van der Waals surface area contributed by atoms with E-state index in [0.717, 1.165) is 37.4 Å². The fourth-order valence-electron chi connectivity index (χ4n) is 1.70. The molecular formula is C10H15N3O. The second-order valence-electron chi connectivity index (χ2n) is 3.67. The predicted molar refractivity (Wildman–Crippen MR) is 56.1 cm³/mol. The van der Waals surface area contributed by atoms with Crippen LogP contribution in [0.25, 0.3) is 0 Å². The molecule has 1 aromatic heterocycles. The molecule has 0 aromatic carbocycles. The Morgan fingerprint density at radius 2 is 2.14 bits per heavy atom. The fraction of sp³-hybridized carbons (Fsp3) is 0.500. The number of anilines is 2. The number of pyridine rings is 1. The van der Waals surface area contributed by atoms with E-state index in [2.05, 4.69) is 9.88 Å². The molecule has 2 heterocycles. The maximum Gasteiger partial charge on any atom is 0.130 e. The number of hydrogen-bond donors (Lipinski definition) is 2. The molecule has 1 aliphatic rings. The molecule has 4 heteroatoms. The van der Waals surface area contributed by atoms with Crippen molar-refractivity contribution in [1.82, 2.24) is 4.98 Å². The van der Waals surface area contributed by atoms with Crippen molar-refractivity contribution in [2.75, 3.05) is 23.7 Å². The number of piperidine rings is 1. The number of nitrogen functional groups attached to an aromatic ring is 1. The molecule has 2 rings (SSSR count). The monoisotopic (exact) mass is 193 g/mol. The molecule has 0 saturated carbocycles. The highest BCUT2D eigenvalue weighted by atomic mass is 16.3. The average Bonchev–Trinajstić information content (AvgIpc) is 2.19. The van der Waals surface area contributed by atoms with Crippen molar-refractivity contribution in [3.05, 3.63) is 18.3 Å². The van der Waals surface area contributed by atoms with E-state index in [4.69, 9.17) is 5.73 Å². The minimum Gasteiger partial charge on any atom is -0.399 e. The molecule has 0 amide bonds. The van der Waals surface area contributed by atoms with Crippen molar-refractivity contribution >= 4 is 11.5 Å². The van der Waals surface area contributed by atoms with Crippen LogP contribution in [0.4, 0.5) is 11.5 Å². The first kappa shape index (κ1) is 9.27. The van der Waals surface area contributed by atoms with E-state index in [-0.39, 0.29) is 6.10 Å². The lowest BCUT2D eigenvalue weighted by Gasteiger charge is -2.30.